The van der Waals surface area contributed by atoms with Gasteiger partial charge in [0, 0.05) is 50.4 Å². The van der Waals surface area contributed by atoms with Crippen LogP contribution in [0.1, 0.15) is 43.8 Å². The van der Waals surface area contributed by atoms with E-state index < -0.39 is 0 Å². The molecule has 1 N–H and O–H groups in total. The zero-order valence-corrected chi connectivity index (χ0v) is 18.7. The van der Waals surface area contributed by atoms with Crippen molar-refractivity contribution < 1.29 is 9.53 Å². The van der Waals surface area contributed by atoms with Crippen LogP contribution in [0.25, 0.3) is 0 Å². The van der Waals surface area contributed by atoms with Gasteiger partial charge in [-0.3, -0.25) is 9.69 Å². The normalized spacial score (nSPS) is 15.9. The zero-order valence-electron chi connectivity index (χ0n) is 18.7. The van der Waals surface area contributed by atoms with E-state index in [9.17, 15) is 4.79 Å². The van der Waals surface area contributed by atoms with Crippen molar-refractivity contribution in [3.05, 3.63) is 47.4 Å². The molecule has 1 saturated heterocycles. The molecule has 1 atom stereocenters. The Balaban J connectivity index is 1.53. The minimum atomic E-state index is -0.170. The maximum atomic E-state index is 12.7. The van der Waals surface area contributed by atoms with Gasteiger partial charge >= 0.3 is 0 Å². The lowest BCUT2D eigenvalue weighted by molar-refractivity contribution is -0.126. The molecule has 1 aliphatic heterocycles. The van der Waals surface area contributed by atoms with E-state index in [4.69, 9.17) is 9.72 Å². The molecular weight excluding hydrogens is 378 g/mol. The maximum absolute atomic E-state index is 12.7. The molecule has 1 aromatic heterocycles. The molecule has 7 nitrogen and oxygen atoms in total. The van der Waals surface area contributed by atoms with Gasteiger partial charge in [0.1, 0.15) is 17.4 Å². The zero-order chi connectivity index (χ0) is 21.7. The largest absolute Gasteiger partial charge is 0.497 e. The Bertz CT molecular complexity index is 862. The average Bonchev–Trinajstić information content (AvgIpc) is 2.76. The molecule has 1 fully saturated rings. The summed E-state index contributed by atoms with van der Waals surface area (Å²) in [5.74, 6) is 3.02. The molecular formula is C23H33N5O2. The Kier molecular flexibility index (Phi) is 7.26. The molecule has 0 spiro atoms. The summed E-state index contributed by atoms with van der Waals surface area (Å²) < 4.78 is 5.24. The number of carbonyl (C=O) groups is 1. The first-order chi connectivity index (χ1) is 14.4. The second kappa shape index (κ2) is 9.89. The molecule has 0 aliphatic carbocycles. The van der Waals surface area contributed by atoms with E-state index in [0.717, 1.165) is 54.8 Å². The van der Waals surface area contributed by atoms with Gasteiger partial charge in [-0.25, -0.2) is 9.97 Å². The number of aryl methyl sites for hydroxylation is 1. The number of methoxy groups -OCH3 is 1. The predicted octanol–water partition coefficient (Wildman–Crippen LogP) is 2.74. The Morgan fingerprint density at radius 3 is 2.53 bits per heavy atom. The maximum Gasteiger partial charge on any atom is 0.237 e. The van der Waals surface area contributed by atoms with Gasteiger partial charge in [0.2, 0.25) is 5.91 Å². The van der Waals surface area contributed by atoms with Crippen LogP contribution in [0.5, 0.6) is 5.75 Å². The molecule has 30 heavy (non-hydrogen) atoms. The van der Waals surface area contributed by atoms with Crippen LogP contribution in [0.4, 0.5) is 5.82 Å². The number of nitrogens with one attached hydrogen (secondary N) is 1. The Hall–Kier alpha value is -2.67. The number of ether oxygens (including phenoxy) is 1. The van der Waals surface area contributed by atoms with Crippen molar-refractivity contribution in [3.8, 4) is 5.75 Å². The van der Waals surface area contributed by atoms with E-state index in [1.807, 2.05) is 44.2 Å². The molecule has 0 saturated carbocycles. The van der Waals surface area contributed by atoms with Crippen LogP contribution in [0, 0.1) is 6.92 Å². The van der Waals surface area contributed by atoms with Crippen LogP contribution >= 0.6 is 0 Å². The third-order valence-corrected chi connectivity index (χ3v) is 5.54. The van der Waals surface area contributed by atoms with Gasteiger partial charge in [-0.2, -0.15) is 0 Å². The van der Waals surface area contributed by atoms with Crippen LogP contribution < -0.4 is 15.0 Å². The van der Waals surface area contributed by atoms with E-state index >= 15 is 0 Å². The number of benzene rings is 1. The first kappa shape index (κ1) is 22.0. The number of aromatic nitrogens is 2. The van der Waals surface area contributed by atoms with E-state index in [1.165, 1.54) is 0 Å². The van der Waals surface area contributed by atoms with Crippen LogP contribution in [0.3, 0.4) is 0 Å². The van der Waals surface area contributed by atoms with Crippen LogP contribution in [0.2, 0.25) is 0 Å². The highest BCUT2D eigenvalue weighted by atomic mass is 16.5. The van der Waals surface area contributed by atoms with Crippen molar-refractivity contribution in [2.45, 2.75) is 46.2 Å². The third-order valence-electron chi connectivity index (χ3n) is 5.54. The number of hydrogen-bond donors (Lipinski definition) is 1. The smallest absolute Gasteiger partial charge is 0.237 e. The first-order valence-electron chi connectivity index (χ1n) is 10.6. The van der Waals surface area contributed by atoms with E-state index in [0.29, 0.717) is 12.5 Å². The first-order valence-corrected chi connectivity index (χ1v) is 10.6. The minimum Gasteiger partial charge on any atom is -0.497 e. The standard InChI is InChI=1S/C23H33N5O2/c1-16(2)22-25-17(3)13-21(26-22)28-11-9-27(10-12-28)18(4)23(29)24-15-19-7-6-8-20(14-19)30-5/h6-8,13-14,16,18H,9-12,15H2,1-5H3,(H,24,29). The highest BCUT2D eigenvalue weighted by molar-refractivity contribution is 5.81. The third kappa shape index (κ3) is 5.48. The van der Waals surface area contributed by atoms with Crippen LogP contribution in [0.15, 0.2) is 30.3 Å². The van der Waals surface area contributed by atoms with Crippen molar-refractivity contribution in [1.29, 1.82) is 0 Å². The summed E-state index contributed by atoms with van der Waals surface area (Å²) in [4.78, 5) is 26.5. The van der Waals surface area contributed by atoms with E-state index in [-0.39, 0.29) is 11.9 Å². The summed E-state index contributed by atoms with van der Waals surface area (Å²) in [7, 11) is 1.64. The quantitative estimate of drug-likeness (QED) is 0.756. The number of amides is 1. The van der Waals surface area contributed by atoms with E-state index in [2.05, 4.69) is 33.9 Å². The van der Waals surface area contributed by atoms with Crippen LogP contribution in [-0.4, -0.2) is 60.1 Å². The highest BCUT2D eigenvalue weighted by Crippen LogP contribution is 2.19. The fourth-order valence-corrected chi connectivity index (χ4v) is 3.62. The molecule has 1 aromatic carbocycles. The van der Waals surface area contributed by atoms with Crippen molar-refractivity contribution >= 4 is 11.7 Å². The lowest BCUT2D eigenvalue weighted by Crippen LogP contribution is -2.54. The van der Waals surface area contributed by atoms with Gasteiger partial charge in [-0.1, -0.05) is 26.0 Å². The SMILES string of the molecule is COc1cccc(CNC(=O)C(C)N2CCN(c3cc(C)nc(C(C)C)n3)CC2)c1. The summed E-state index contributed by atoms with van der Waals surface area (Å²) in [5.41, 5.74) is 2.02. The molecule has 2 heterocycles. The summed E-state index contributed by atoms with van der Waals surface area (Å²) in [6, 6.07) is 9.64. The summed E-state index contributed by atoms with van der Waals surface area (Å²) in [5, 5.41) is 3.05. The molecule has 1 amide bonds. The van der Waals surface area contributed by atoms with Crippen molar-refractivity contribution in [1.82, 2.24) is 20.2 Å². The summed E-state index contributed by atoms with van der Waals surface area (Å²) >= 11 is 0. The molecule has 1 aliphatic rings. The van der Waals surface area contributed by atoms with Gasteiger partial charge < -0.3 is 15.0 Å². The van der Waals surface area contributed by atoms with Gasteiger partial charge in [-0.15, -0.1) is 0 Å². The highest BCUT2D eigenvalue weighted by Gasteiger charge is 2.26. The molecule has 0 bridgehead atoms. The second-order valence-corrected chi connectivity index (χ2v) is 8.15. The fourth-order valence-electron chi connectivity index (χ4n) is 3.62. The monoisotopic (exact) mass is 411 g/mol. The molecule has 162 valence electrons. The van der Waals surface area contributed by atoms with Crippen molar-refractivity contribution in [3.63, 3.8) is 0 Å². The number of rotatable bonds is 7. The Morgan fingerprint density at radius 1 is 1.13 bits per heavy atom. The van der Waals surface area contributed by atoms with Gasteiger partial charge in [-0.05, 0) is 31.5 Å². The predicted molar refractivity (Wildman–Crippen MR) is 119 cm³/mol. The van der Waals surface area contributed by atoms with Crippen LogP contribution in [-0.2, 0) is 11.3 Å². The van der Waals surface area contributed by atoms with Crippen molar-refractivity contribution in [2.75, 3.05) is 38.2 Å². The minimum absolute atomic E-state index is 0.0474. The number of carbonyl (C=O) groups excluding carboxylic acids is 1. The average molecular weight is 412 g/mol. The summed E-state index contributed by atoms with van der Waals surface area (Å²) in [6.45, 7) is 12.1. The Morgan fingerprint density at radius 2 is 1.87 bits per heavy atom. The fraction of sp³-hybridized carbons (Fsp3) is 0.522. The molecule has 7 heteroatoms. The molecule has 2 aromatic rings. The lowest BCUT2D eigenvalue weighted by Gasteiger charge is -2.38. The topological polar surface area (TPSA) is 70.6 Å². The Labute approximate surface area is 179 Å². The molecule has 0 radical (unpaired) electrons. The number of piperazine rings is 1. The number of nitrogens with zero attached hydrogens (tertiary/aromatic N) is 4. The van der Waals surface area contributed by atoms with E-state index in [1.54, 1.807) is 7.11 Å². The lowest BCUT2D eigenvalue weighted by atomic mass is 10.2. The van der Waals surface area contributed by atoms with Gasteiger partial charge in [0.15, 0.2) is 0 Å². The van der Waals surface area contributed by atoms with Gasteiger partial charge in [0.25, 0.3) is 0 Å². The number of hydrogen-bond acceptors (Lipinski definition) is 6. The summed E-state index contributed by atoms with van der Waals surface area (Å²) in [6.07, 6.45) is 0. The number of anilines is 1. The second-order valence-electron chi connectivity index (χ2n) is 8.15. The van der Waals surface area contributed by atoms with Gasteiger partial charge in [0.05, 0.1) is 13.2 Å². The molecule has 3 rings (SSSR count). The molecule has 1 unspecified atom stereocenters. The van der Waals surface area contributed by atoms with Crippen molar-refractivity contribution in [2.24, 2.45) is 0 Å².